The lowest BCUT2D eigenvalue weighted by atomic mass is 10.1. The van der Waals surface area contributed by atoms with Crippen molar-refractivity contribution >= 4 is 33.2 Å². The molecular formula is C16H17FN2O3S. The first kappa shape index (κ1) is 15.9. The van der Waals surface area contributed by atoms with Gasteiger partial charge in [0.25, 0.3) is 5.91 Å². The van der Waals surface area contributed by atoms with Gasteiger partial charge in [-0.25, -0.2) is 4.39 Å². The van der Waals surface area contributed by atoms with E-state index < -0.39 is 0 Å². The summed E-state index contributed by atoms with van der Waals surface area (Å²) in [6, 6.07) is 4.79. The average Bonchev–Trinajstić information content (AvgIpc) is 3.13. The molecule has 2 heterocycles. The van der Waals surface area contributed by atoms with Crippen molar-refractivity contribution in [3.63, 3.8) is 0 Å². The molecule has 23 heavy (non-hydrogen) atoms. The Hall–Kier alpha value is -1.99. The van der Waals surface area contributed by atoms with Gasteiger partial charge in [0.1, 0.15) is 5.82 Å². The predicted molar refractivity (Wildman–Crippen MR) is 85.7 cm³/mol. The van der Waals surface area contributed by atoms with Crippen molar-refractivity contribution in [1.29, 1.82) is 0 Å². The van der Waals surface area contributed by atoms with Gasteiger partial charge in [0.15, 0.2) is 0 Å². The van der Waals surface area contributed by atoms with E-state index in [9.17, 15) is 14.0 Å². The highest BCUT2D eigenvalue weighted by Gasteiger charge is 2.32. The number of amides is 2. The van der Waals surface area contributed by atoms with Crippen LogP contribution in [0.3, 0.4) is 0 Å². The van der Waals surface area contributed by atoms with Crippen LogP contribution in [0.1, 0.15) is 21.7 Å². The number of carbonyl (C=O) groups excluding carboxylic acids is 2. The highest BCUT2D eigenvalue weighted by atomic mass is 32.1. The molecule has 0 spiro atoms. The number of thiophene rings is 1. The minimum Gasteiger partial charge on any atom is -0.380 e. The van der Waals surface area contributed by atoms with E-state index in [-0.39, 0.29) is 30.2 Å². The molecule has 0 radical (unpaired) electrons. The van der Waals surface area contributed by atoms with Crippen LogP contribution in [0.2, 0.25) is 0 Å². The second-order valence-electron chi connectivity index (χ2n) is 5.59. The van der Waals surface area contributed by atoms with Gasteiger partial charge in [-0.3, -0.25) is 9.59 Å². The maximum atomic E-state index is 14.2. The van der Waals surface area contributed by atoms with E-state index in [0.29, 0.717) is 40.0 Å². The molecule has 2 amide bonds. The van der Waals surface area contributed by atoms with Crippen LogP contribution < -0.4 is 5.73 Å². The highest BCUT2D eigenvalue weighted by molar-refractivity contribution is 7.21. The van der Waals surface area contributed by atoms with Gasteiger partial charge in [0.2, 0.25) is 5.91 Å². The fraction of sp³-hybridized carbons (Fsp3) is 0.375. The summed E-state index contributed by atoms with van der Waals surface area (Å²) < 4.78 is 20.0. The molecule has 0 unspecified atom stereocenters. The number of nitrogens with zero attached hydrogens (tertiary/aromatic N) is 1. The Morgan fingerprint density at radius 3 is 2.91 bits per heavy atom. The lowest BCUT2D eigenvalue weighted by molar-refractivity contribution is -0.121. The molecule has 1 aromatic carbocycles. The van der Waals surface area contributed by atoms with Gasteiger partial charge in [-0.15, -0.1) is 11.3 Å². The smallest absolute Gasteiger partial charge is 0.264 e. The Labute approximate surface area is 136 Å². The minimum absolute atomic E-state index is 0.162. The second kappa shape index (κ2) is 6.25. The molecule has 0 aliphatic carbocycles. The molecule has 1 aliphatic heterocycles. The van der Waals surface area contributed by atoms with Crippen molar-refractivity contribution in [2.24, 2.45) is 11.7 Å². The first-order valence-corrected chi connectivity index (χ1v) is 8.12. The van der Waals surface area contributed by atoms with Crippen molar-refractivity contribution in [2.45, 2.75) is 13.0 Å². The quantitative estimate of drug-likeness (QED) is 0.930. The Kier molecular flexibility index (Phi) is 4.32. The normalized spacial score (nSPS) is 17.8. The molecule has 3 rings (SSSR count). The van der Waals surface area contributed by atoms with Crippen molar-refractivity contribution < 1.29 is 18.7 Å². The Balaban J connectivity index is 1.99. The van der Waals surface area contributed by atoms with E-state index in [4.69, 9.17) is 10.5 Å². The predicted octanol–water partition coefficient (Wildman–Crippen LogP) is 2.13. The van der Waals surface area contributed by atoms with Crippen LogP contribution in [0.4, 0.5) is 4.39 Å². The number of rotatable bonds is 4. The Morgan fingerprint density at radius 2 is 2.26 bits per heavy atom. The zero-order valence-corrected chi connectivity index (χ0v) is 13.5. The van der Waals surface area contributed by atoms with Gasteiger partial charge in [-0.05, 0) is 18.6 Å². The third-order valence-electron chi connectivity index (χ3n) is 4.12. The molecule has 122 valence electrons. The summed E-state index contributed by atoms with van der Waals surface area (Å²) >= 11 is 1.26. The van der Waals surface area contributed by atoms with Crippen LogP contribution in [0.15, 0.2) is 18.2 Å². The molecular weight excluding hydrogens is 319 g/mol. The largest absolute Gasteiger partial charge is 0.380 e. The molecule has 1 aliphatic rings. The summed E-state index contributed by atoms with van der Waals surface area (Å²) in [5, 5.41) is 0.438. The van der Waals surface area contributed by atoms with Crippen LogP contribution >= 0.6 is 11.3 Å². The summed E-state index contributed by atoms with van der Waals surface area (Å²) in [4.78, 5) is 26.2. The number of halogens is 1. The van der Waals surface area contributed by atoms with E-state index in [1.807, 2.05) is 0 Å². The number of likely N-dealkylation sites (tertiary alicyclic amines) is 1. The zero-order chi connectivity index (χ0) is 16.6. The topological polar surface area (TPSA) is 72.6 Å². The fourth-order valence-corrected chi connectivity index (χ4v) is 4.13. The fourth-order valence-electron chi connectivity index (χ4n) is 2.94. The van der Waals surface area contributed by atoms with E-state index in [0.717, 1.165) is 0 Å². The summed E-state index contributed by atoms with van der Waals surface area (Å²) in [6.07, 6.45) is 0.569. The zero-order valence-electron chi connectivity index (χ0n) is 12.7. The summed E-state index contributed by atoms with van der Waals surface area (Å²) in [5.41, 5.74) is 5.88. The minimum atomic E-state index is -0.389. The van der Waals surface area contributed by atoms with Crippen LogP contribution in [0, 0.1) is 11.7 Å². The Morgan fingerprint density at radius 1 is 1.48 bits per heavy atom. The molecule has 7 heteroatoms. The van der Waals surface area contributed by atoms with Gasteiger partial charge in [-0.1, -0.05) is 6.07 Å². The number of primary amides is 1. The molecule has 1 saturated heterocycles. The van der Waals surface area contributed by atoms with Gasteiger partial charge in [0.05, 0.1) is 17.4 Å². The van der Waals surface area contributed by atoms with E-state index in [1.54, 1.807) is 17.0 Å². The molecule has 1 aromatic heterocycles. The van der Waals surface area contributed by atoms with Crippen molar-refractivity contribution in [1.82, 2.24) is 4.90 Å². The number of fused-ring (bicyclic) bond motifs is 1. The number of benzene rings is 1. The maximum absolute atomic E-state index is 14.2. The van der Waals surface area contributed by atoms with Crippen molar-refractivity contribution in [3.05, 3.63) is 34.5 Å². The number of hydrogen-bond donors (Lipinski definition) is 1. The SMILES string of the molecule is COCc1c(C(=O)N2CC[C@H](C(N)=O)C2)sc2cccc(F)c12. The number of ether oxygens (including phenoxy) is 1. The van der Waals surface area contributed by atoms with Gasteiger partial charge >= 0.3 is 0 Å². The third-order valence-corrected chi connectivity index (χ3v) is 5.31. The summed E-state index contributed by atoms with van der Waals surface area (Å²) in [7, 11) is 1.51. The number of methoxy groups -OCH3 is 1. The molecule has 2 N–H and O–H groups in total. The third kappa shape index (κ3) is 2.82. The first-order valence-electron chi connectivity index (χ1n) is 7.30. The summed E-state index contributed by atoms with van der Waals surface area (Å²) in [5.74, 6) is -1.25. The van der Waals surface area contributed by atoms with Gasteiger partial charge in [-0.2, -0.15) is 0 Å². The standard InChI is InChI=1S/C16H17FN2O3S/c1-22-8-10-13-11(17)3-2-4-12(13)23-14(10)16(21)19-6-5-9(7-19)15(18)20/h2-4,9H,5-8H2,1H3,(H2,18,20)/t9-/m0/s1. The van der Waals surface area contributed by atoms with Crippen LogP contribution in [-0.4, -0.2) is 36.9 Å². The van der Waals surface area contributed by atoms with Gasteiger partial charge in [0, 0.05) is 35.8 Å². The van der Waals surface area contributed by atoms with Crippen LogP contribution in [0.5, 0.6) is 0 Å². The van der Waals surface area contributed by atoms with Crippen LogP contribution in [0.25, 0.3) is 10.1 Å². The maximum Gasteiger partial charge on any atom is 0.264 e. The van der Waals surface area contributed by atoms with Gasteiger partial charge < -0.3 is 15.4 Å². The monoisotopic (exact) mass is 336 g/mol. The molecule has 2 aromatic rings. The molecule has 1 atom stereocenters. The Bertz CT molecular complexity index is 774. The van der Waals surface area contributed by atoms with E-state index in [1.165, 1.54) is 24.5 Å². The molecule has 0 saturated carbocycles. The van der Waals surface area contributed by atoms with Crippen molar-refractivity contribution in [2.75, 3.05) is 20.2 Å². The summed E-state index contributed by atoms with van der Waals surface area (Å²) in [6.45, 7) is 0.960. The average molecular weight is 336 g/mol. The molecule has 5 nitrogen and oxygen atoms in total. The lowest BCUT2D eigenvalue weighted by Crippen LogP contribution is -2.31. The molecule has 0 bridgehead atoms. The lowest BCUT2D eigenvalue weighted by Gasteiger charge is -2.16. The van der Waals surface area contributed by atoms with Crippen LogP contribution in [-0.2, 0) is 16.1 Å². The van der Waals surface area contributed by atoms with Crippen molar-refractivity contribution in [3.8, 4) is 0 Å². The number of carbonyl (C=O) groups is 2. The first-order chi connectivity index (χ1) is 11.0. The number of hydrogen-bond acceptors (Lipinski definition) is 4. The highest BCUT2D eigenvalue weighted by Crippen LogP contribution is 2.35. The second-order valence-corrected chi connectivity index (χ2v) is 6.65. The van der Waals surface area contributed by atoms with E-state index in [2.05, 4.69) is 0 Å². The van der Waals surface area contributed by atoms with E-state index >= 15 is 0 Å². The molecule has 1 fully saturated rings. The number of nitrogens with two attached hydrogens (primary N) is 1.